The Bertz CT molecular complexity index is 222. The smallest absolute Gasteiger partial charge is 0.106 e. The molecule has 1 aromatic carbocycles. The molecule has 2 nitrogen and oxygen atoms in total. The number of hydrogen-bond acceptors (Lipinski definition) is 2. The molecule has 1 aromatic rings. The molecule has 2 heteroatoms. The molecule has 0 aromatic heterocycles. The number of carbonyl (C=O) groups is 1. The van der Waals surface area contributed by atoms with Crippen LogP contribution in [-0.2, 0) is 17.8 Å². The molecule has 0 amide bonds. The lowest BCUT2D eigenvalue weighted by atomic mass is 10.0. The van der Waals surface area contributed by atoms with Gasteiger partial charge in [0.15, 0.2) is 0 Å². The highest BCUT2D eigenvalue weighted by atomic mass is 16.1. The number of carbonyl (C=O) groups excluding carboxylic acids is 1. The van der Waals surface area contributed by atoms with Crippen molar-refractivity contribution in [3.05, 3.63) is 35.4 Å². The van der Waals surface area contributed by atoms with Crippen molar-refractivity contribution in [2.45, 2.75) is 13.0 Å². The first-order valence-corrected chi connectivity index (χ1v) is 4.03. The number of hydrogen-bond donors (Lipinski definition) is 1. The van der Waals surface area contributed by atoms with Gasteiger partial charge in [0.2, 0.25) is 0 Å². The zero-order valence-corrected chi connectivity index (χ0v) is 7.05. The largest absolute Gasteiger partial charge is 0.312 e. The average Bonchev–Trinajstić information content (AvgIpc) is 2.21. The molecule has 0 unspecified atom stereocenters. The minimum absolute atomic E-state index is 1.05. The summed E-state index contributed by atoms with van der Waals surface area (Å²) in [5.74, 6) is 0. The molecule has 0 saturated carbocycles. The predicted molar refractivity (Wildman–Crippen MR) is 49.0 cm³/mol. The Morgan fingerprint density at radius 1 is 1.17 bits per heavy atom. The summed E-state index contributed by atoms with van der Waals surface area (Å²) in [6.45, 7) is 4.19. The molecule has 2 rings (SSSR count). The summed E-state index contributed by atoms with van der Waals surface area (Å²) in [6, 6.07) is 8.63. The van der Waals surface area contributed by atoms with Gasteiger partial charge in [0.05, 0.1) is 0 Å². The van der Waals surface area contributed by atoms with Gasteiger partial charge in [-0.15, -0.1) is 0 Å². The zero-order chi connectivity index (χ0) is 8.81. The van der Waals surface area contributed by atoms with Crippen molar-refractivity contribution in [1.29, 1.82) is 0 Å². The van der Waals surface area contributed by atoms with Crippen molar-refractivity contribution in [1.82, 2.24) is 5.32 Å². The quantitative estimate of drug-likeness (QED) is 0.621. The Balaban J connectivity index is 0.000000336. The molecule has 0 fully saturated rings. The van der Waals surface area contributed by atoms with Crippen molar-refractivity contribution in [3.63, 3.8) is 0 Å². The van der Waals surface area contributed by atoms with Gasteiger partial charge in [-0.3, -0.25) is 0 Å². The lowest BCUT2D eigenvalue weighted by Gasteiger charge is -2.15. The molecule has 64 valence electrons. The summed E-state index contributed by atoms with van der Waals surface area (Å²) in [5, 5.41) is 3.34. The van der Waals surface area contributed by atoms with Crippen LogP contribution < -0.4 is 5.32 Å². The fourth-order valence-corrected chi connectivity index (χ4v) is 1.42. The molecule has 0 spiro atoms. The van der Waals surface area contributed by atoms with Gasteiger partial charge in [0.25, 0.3) is 0 Å². The van der Waals surface area contributed by atoms with Gasteiger partial charge < -0.3 is 10.1 Å². The van der Waals surface area contributed by atoms with E-state index in [0.29, 0.717) is 0 Å². The monoisotopic (exact) mass is 163 g/mol. The third-order valence-corrected chi connectivity index (χ3v) is 2.00. The van der Waals surface area contributed by atoms with Crippen molar-refractivity contribution in [2.75, 3.05) is 6.54 Å². The number of fused-ring (bicyclic) bond motifs is 1. The van der Waals surface area contributed by atoms with E-state index in [4.69, 9.17) is 4.79 Å². The van der Waals surface area contributed by atoms with Crippen molar-refractivity contribution < 1.29 is 4.79 Å². The standard InChI is InChI=1S/C9H11N.CH2O/c1-2-4-9-7-10-6-5-8(9)3-1;1-2/h1-4,10H,5-7H2;1H2. The molecule has 12 heavy (non-hydrogen) atoms. The van der Waals surface area contributed by atoms with Crippen LogP contribution in [0.4, 0.5) is 0 Å². The van der Waals surface area contributed by atoms with Gasteiger partial charge >= 0.3 is 0 Å². The molecule has 0 bridgehead atoms. The Hall–Kier alpha value is -1.15. The van der Waals surface area contributed by atoms with Crippen LogP contribution >= 0.6 is 0 Å². The second-order valence-corrected chi connectivity index (χ2v) is 2.70. The van der Waals surface area contributed by atoms with Gasteiger partial charge in [-0.05, 0) is 24.1 Å². The maximum atomic E-state index is 8.00. The van der Waals surface area contributed by atoms with E-state index in [1.54, 1.807) is 0 Å². The number of rotatable bonds is 0. The molecule has 0 saturated heterocycles. The van der Waals surface area contributed by atoms with Crippen molar-refractivity contribution >= 4 is 6.79 Å². The third kappa shape index (κ3) is 1.92. The van der Waals surface area contributed by atoms with Crippen LogP contribution in [0.25, 0.3) is 0 Å². The van der Waals surface area contributed by atoms with Gasteiger partial charge in [0, 0.05) is 6.54 Å². The van der Waals surface area contributed by atoms with E-state index in [0.717, 1.165) is 13.1 Å². The molecule has 1 aliphatic heterocycles. The lowest BCUT2D eigenvalue weighted by molar-refractivity contribution is -0.0979. The maximum absolute atomic E-state index is 8.00. The molecule has 0 atom stereocenters. The van der Waals surface area contributed by atoms with E-state index in [1.165, 1.54) is 17.5 Å². The first kappa shape index (κ1) is 8.94. The number of benzene rings is 1. The second kappa shape index (κ2) is 4.67. The summed E-state index contributed by atoms with van der Waals surface area (Å²) >= 11 is 0. The zero-order valence-electron chi connectivity index (χ0n) is 7.05. The predicted octanol–water partition coefficient (Wildman–Crippen LogP) is 1.15. The molecule has 1 aliphatic rings. The van der Waals surface area contributed by atoms with E-state index in [1.807, 2.05) is 6.79 Å². The fraction of sp³-hybridized carbons (Fsp3) is 0.300. The summed E-state index contributed by atoms with van der Waals surface area (Å²) in [7, 11) is 0. The van der Waals surface area contributed by atoms with E-state index >= 15 is 0 Å². The van der Waals surface area contributed by atoms with Crippen molar-refractivity contribution in [3.8, 4) is 0 Å². The SMILES string of the molecule is C=O.c1ccc2c(c1)CCNC2. The summed E-state index contributed by atoms with van der Waals surface area (Å²) in [4.78, 5) is 8.00. The minimum Gasteiger partial charge on any atom is -0.312 e. The van der Waals surface area contributed by atoms with E-state index in [9.17, 15) is 0 Å². The highest BCUT2D eigenvalue weighted by Gasteiger charge is 2.05. The third-order valence-electron chi connectivity index (χ3n) is 2.00. The van der Waals surface area contributed by atoms with Crippen LogP contribution in [0.2, 0.25) is 0 Å². The lowest BCUT2D eigenvalue weighted by Crippen LogP contribution is -2.23. The maximum Gasteiger partial charge on any atom is 0.106 e. The van der Waals surface area contributed by atoms with Gasteiger partial charge in [-0.1, -0.05) is 24.3 Å². The average molecular weight is 163 g/mol. The van der Waals surface area contributed by atoms with Crippen molar-refractivity contribution in [2.24, 2.45) is 0 Å². The van der Waals surface area contributed by atoms with Gasteiger partial charge in [-0.2, -0.15) is 0 Å². The Morgan fingerprint density at radius 2 is 1.83 bits per heavy atom. The Morgan fingerprint density at radius 3 is 2.50 bits per heavy atom. The summed E-state index contributed by atoms with van der Waals surface area (Å²) in [6.07, 6.45) is 1.19. The van der Waals surface area contributed by atoms with Gasteiger partial charge in [-0.25, -0.2) is 0 Å². The van der Waals surface area contributed by atoms with Gasteiger partial charge in [0.1, 0.15) is 6.79 Å². The first-order chi connectivity index (χ1) is 5.97. The highest BCUT2D eigenvalue weighted by molar-refractivity contribution is 5.28. The fourth-order valence-electron chi connectivity index (χ4n) is 1.42. The van der Waals surface area contributed by atoms with E-state index in [2.05, 4.69) is 29.6 Å². The Labute approximate surface area is 72.6 Å². The molecular weight excluding hydrogens is 150 g/mol. The molecule has 0 radical (unpaired) electrons. The van der Waals surface area contributed by atoms with Crippen LogP contribution in [0, 0.1) is 0 Å². The second-order valence-electron chi connectivity index (χ2n) is 2.70. The van der Waals surface area contributed by atoms with Crippen LogP contribution in [-0.4, -0.2) is 13.3 Å². The topological polar surface area (TPSA) is 29.1 Å². The van der Waals surface area contributed by atoms with E-state index in [-0.39, 0.29) is 0 Å². The normalized spacial score (nSPS) is 14.0. The molecule has 1 N–H and O–H groups in total. The van der Waals surface area contributed by atoms with Crippen LogP contribution in [0.3, 0.4) is 0 Å². The van der Waals surface area contributed by atoms with Crippen LogP contribution in [0.5, 0.6) is 0 Å². The molecular formula is C10H13NO. The Kier molecular flexibility index (Phi) is 3.48. The van der Waals surface area contributed by atoms with Crippen LogP contribution in [0.1, 0.15) is 11.1 Å². The first-order valence-electron chi connectivity index (χ1n) is 4.03. The minimum atomic E-state index is 1.05. The highest BCUT2D eigenvalue weighted by Crippen LogP contribution is 2.11. The van der Waals surface area contributed by atoms with E-state index < -0.39 is 0 Å². The summed E-state index contributed by atoms with van der Waals surface area (Å²) < 4.78 is 0. The molecule has 0 aliphatic carbocycles. The molecule has 1 heterocycles. The summed E-state index contributed by atoms with van der Waals surface area (Å²) in [5.41, 5.74) is 2.98. The van der Waals surface area contributed by atoms with Crippen LogP contribution in [0.15, 0.2) is 24.3 Å². The number of nitrogens with one attached hydrogen (secondary N) is 1.